The van der Waals surface area contributed by atoms with Crippen LogP contribution in [0.25, 0.3) is 6.08 Å². The molecule has 0 bridgehead atoms. The summed E-state index contributed by atoms with van der Waals surface area (Å²) < 4.78 is 0. The van der Waals surface area contributed by atoms with Gasteiger partial charge in [-0.2, -0.15) is 0 Å². The van der Waals surface area contributed by atoms with Crippen LogP contribution in [0, 0.1) is 0 Å². The highest BCUT2D eigenvalue weighted by Crippen LogP contribution is 2.02. The Hall–Kier alpha value is -2.23. The van der Waals surface area contributed by atoms with Crippen molar-refractivity contribution in [3.05, 3.63) is 42.0 Å². The number of benzene rings is 1. The number of carbonyl (C=O) groups excluding carboxylic acids is 2. The van der Waals surface area contributed by atoms with E-state index in [9.17, 15) is 14.4 Å². The number of Topliss-reactive ketones (excluding diaryl/α,β-unsaturated/α-hetero) is 1. The zero-order valence-corrected chi connectivity index (χ0v) is 9.13. The van der Waals surface area contributed by atoms with Crippen molar-refractivity contribution in [3.8, 4) is 0 Å². The van der Waals surface area contributed by atoms with Crippen LogP contribution in [-0.4, -0.2) is 22.6 Å². The van der Waals surface area contributed by atoms with Crippen molar-refractivity contribution in [2.45, 2.75) is 12.8 Å². The average Bonchev–Trinajstić information content (AvgIpc) is 2.26. The average molecular weight is 232 g/mol. The van der Waals surface area contributed by atoms with Crippen molar-refractivity contribution in [1.82, 2.24) is 0 Å². The van der Waals surface area contributed by atoms with E-state index in [0.29, 0.717) is 0 Å². The fourth-order valence-electron chi connectivity index (χ4n) is 1.24. The van der Waals surface area contributed by atoms with Crippen LogP contribution in [0.1, 0.15) is 18.4 Å². The van der Waals surface area contributed by atoms with E-state index in [0.717, 1.165) is 5.56 Å². The fraction of sp³-hybridized carbons (Fsp3) is 0.154. The summed E-state index contributed by atoms with van der Waals surface area (Å²) in [5, 5.41) is 8.35. The number of carbonyl (C=O) groups is 3. The lowest BCUT2D eigenvalue weighted by molar-refractivity contribution is -0.140. The van der Waals surface area contributed by atoms with Crippen LogP contribution in [0.5, 0.6) is 0 Å². The molecule has 0 saturated heterocycles. The summed E-state index contributed by atoms with van der Waals surface area (Å²) in [6, 6.07) is 9.17. The van der Waals surface area contributed by atoms with Crippen molar-refractivity contribution in [3.63, 3.8) is 0 Å². The molecule has 0 spiro atoms. The molecule has 0 amide bonds. The molecule has 0 saturated carbocycles. The predicted octanol–water partition coefficient (Wildman–Crippen LogP) is 1.70. The molecule has 0 heterocycles. The van der Waals surface area contributed by atoms with Gasteiger partial charge in [0.2, 0.25) is 0 Å². The number of allylic oxidation sites excluding steroid dienone is 1. The maximum atomic E-state index is 11.3. The van der Waals surface area contributed by atoms with E-state index >= 15 is 0 Å². The summed E-state index contributed by atoms with van der Waals surface area (Å²) in [5.74, 6) is -2.19. The van der Waals surface area contributed by atoms with Gasteiger partial charge >= 0.3 is 5.97 Å². The van der Waals surface area contributed by atoms with Crippen molar-refractivity contribution < 1.29 is 19.5 Å². The second-order valence-corrected chi connectivity index (χ2v) is 3.50. The molecular formula is C13H12O4. The van der Waals surface area contributed by atoms with Crippen molar-refractivity contribution in [1.29, 1.82) is 0 Å². The highest BCUT2D eigenvalue weighted by molar-refractivity contribution is 6.09. The molecule has 0 aromatic heterocycles. The van der Waals surface area contributed by atoms with Gasteiger partial charge in [0, 0.05) is 0 Å². The monoisotopic (exact) mass is 232 g/mol. The quantitative estimate of drug-likeness (QED) is 0.598. The molecule has 4 heteroatoms. The minimum atomic E-state index is -1.21. The van der Waals surface area contributed by atoms with Gasteiger partial charge in [-0.25, -0.2) is 0 Å². The zero-order valence-electron chi connectivity index (χ0n) is 9.13. The van der Waals surface area contributed by atoms with E-state index in [1.165, 1.54) is 6.08 Å². The lowest BCUT2D eigenvalue weighted by Gasteiger charge is -1.94. The first-order valence-corrected chi connectivity index (χ1v) is 5.07. The van der Waals surface area contributed by atoms with Gasteiger partial charge in [-0.1, -0.05) is 36.4 Å². The van der Waals surface area contributed by atoms with Crippen LogP contribution < -0.4 is 0 Å². The van der Waals surface area contributed by atoms with Gasteiger partial charge in [-0.15, -0.1) is 0 Å². The van der Waals surface area contributed by atoms with Crippen LogP contribution in [0.4, 0.5) is 0 Å². The number of rotatable bonds is 6. The number of ketones is 2. The van der Waals surface area contributed by atoms with Crippen LogP contribution >= 0.6 is 0 Å². The zero-order chi connectivity index (χ0) is 12.7. The van der Waals surface area contributed by atoms with Crippen molar-refractivity contribution in [2.75, 3.05) is 0 Å². The SMILES string of the molecule is O=C(O)CC(=O)CC(=O)/C=C/c1ccccc1. The molecule has 0 atom stereocenters. The Labute approximate surface area is 98.6 Å². The standard InChI is InChI=1S/C13H12O4/c14-11(8-12(15)9-13(16)17)7-6-10-4-2-1-3-5-10/h1-7H,8-9H2,(H,16,17)/b7-6+. The Kier molecular flexibility index (Phi) is 4.81. The van der Waals surface area contributed by atoms with Crippen LogP contribution in [0.2, 0.25) is 0 Å². The van der Waals surface area contributed by atoms with E-state index in [-0.39, 0.29) is 12.2 Å². The first-order valence-electron chi connectivity index (χ1n) is 5.07. The van der Waals surface area contributed by atoms with Gasteiger partial charge < -0.3 is 5.11 Å². The number of hydrogen-bond donors (Lipinski definition) is 1. The van der Waals surface area contributed by atoms with E-state index in [2.05, 4.69) is 0 Å². The molecule has 0 fully saturated rings. The fourth-order valence-corrected chi connectivity index (χ4v) is 1.24. The number of aliphatic carboxylic acids is 1. The molecular weight excluding hydrogens is 220 g/mol. The smallest absolute Gasteiger partial charge is 0.310 e. The summed E-state index contributed by atoms with van der Waals surface area (Å²) in [5.41, 5.74) is 0.853. The van der Waals surface area contributed by atoms with Gasteiger partial charge in [0.05, 0.1) is 6.42 Å². The Morgan fingerprint density at radius 3 is 2.29 bits per heavy atom. The second-order valence-electron chi connectivity index (χ2n) is 3.50. The molecule has 88 valence electrons. The third-order valence-electron chi connectivity index (χ3n) is 1.98. The molecule has 0 unspecified atom stereocenters. The van der Waals surface area contributed by atoms with Gasteiger partial charge in [-0.3, -0.25) is 14.4 Å². The summed E-state index contributed by atoms with van der Waals surface area (Å²) in [7, 11) is 0. The summed E-state index contributed by atoms with van der Waals surface area (Å²) in [4.78, 5) is 32.6. The lowest BCUT2D eigenvalue weighted by Crippen LogP contribution is -2.10. The highest BCUT2D eigenvalue weighted by atomic mass is 16.4. The topological polar surface area (TPSA) is 71.4 Å². The lowest BCUT2D eigenvalue weighted by atomic mass is 10.1. The number of hydrogen-bond acceptors (Lipinski definition) is 3. The maximum Gasteiger partial charge on any atom is 0.310 e. The van der Waals surface area contributed by atoms with Gasteiger partial charge in [0.15, 0.2) is 11.6 Å². The molecule has 1 aromatic rings. The van der Waals surface area contributed by atoms with Crippen molar-refractivity contribution in [2.24, 2.45) is 0 Å². The molecule has 1 rings (SSSR count). The largest absolute Gasteiger partial charge is 0.481 e. The molecule has 1 aromatic carbocycles. The number of carboxylic acid groups (broad SMARTS) is 1. The molecule has 17 heavy (non-hydrogen) atoms. The Morgan fingerprint density at radius 1 is 1.06 bits per heavy atom. The van der Waals surface area contributed by atoms with Crippen LogP contribution in [0.15, 0.2) is 36.4 Å². The molecule has 0 aliphatic heterocycles. The van der Waals surface area contributed by atoms with Gasteiger partial charge in [0.25, 0.3) is 0 Å². The molecule has 0 aliphatic carbocycles. The molecule has 0 aliphatic rings. The van der Waals surface area contributed by atoms with Crippen LogP contribution in [-0.2, 0) is 14.4 Å². The Morgan fingerprint density at radius 2 is 1.71 bits per heavy atom. The van der Waals surface area contributed by atoms with Crippen molar-refractivity contribution >= 4 is 23.6 Å². The summed E-state index contributed by atoms with van der Waals surface area (Å²) in [6.45, 7) is 0. The first-order chi connectivity index (χ1) is 8.08. The minimum Gasteiger partial charge on any atom is -0.481 e. The van der Waals surface area contributed by atoms with E-state index in [1.54, 1.807) is 6.08 Å². The third kappa shape index (κ3) is 5.41. The summed E-state index contributed by atoms with van der Waals surface area (Å²) in [6.07, 6.45) is 1.91. The summed E-state index contributed by atoms with van der Waals surface area (Å²) >= 11 is 0. The highest BCUT2D eigenvalue weighted by Gasteiger charge is 2.10. The Bertz CT molecular complexity index is 446. The maximum absolute atomic E-state index is 11.3. The molecule has 4 nitrogen and oxygen atoms in total. The van der Waals surface area contributed by atoms with E-state index < -0.39 is 18.2 Å². The second kappa shape index (κ2) is 6.37. The van der Waals surface area contributed by atoms with E-state index in [4.69, 9.17) is 5.11 Å². The molecule has 0 radical (unpaired) electrons. The minimum absolute atomic E-state index is 0.365. The normalized spacial score (nSPS) is 10.4. The predicted molar refractivity (Wildman–Crippen MR) is 62.4 cm³/mol. The Balaban J connectivity index is 2.47. The molecule has 1 N–H and O–H groups in total. The van der Waals surface area contributed by atoms with E-state index in [1.807, 2.05) is 30.3 Å². The van der Waals surface area contributed by atoms with Gasteiger partial charge in [-0.05, 0) is 11.6 Å². The third-order valence-corrected chi connectivity index (χ3v) is 1.98. The first kappa shape index (κ1) is 12.8. The van der Waals surface area contributed by atoms with Gasteiger partial charge in [0.1, 0.15) is 6.42 Å². The number of carboxylic acids is 1. The van der Waals surface area contributed by atoms with Crippen LogP contribution in [0.3, 0.4) is 0 Å².